The van der Waals surface area contributed by atoms with Crippen molar-refractivity contribution in [1.82, 2.24) is 10.2 Å². The van der Waals surface area contributed by atoms with Crippen LogP contribution in [-0.4, -0.2) is 34.6 Å². The smallest absolute Gasteiger partial charge is 0.174 e. The van der Waals surface area contributed by atoms with E-state index in [0.717, 1.165) is 0 Å². The average Bonchev–Trinajstić information content (AvgIpc) is 3.14. The van der Waals surface area contributed by atoms with Crippen LogP contribution in [0.5, 0.6) is 0 Å². The van der Waals surface area contributed by atoms with E-state index in [9.17, 15) is 5.11 Å². The Morgan fingerprint density at radius 1 is 1.15 bits per heavy atom. The van der Waals surface area contributed by atoms with Gasteiger partial charge in [0.15, 0.2) is 6.29 Å². The minimum absolute atomic E-state index is 0.00537. The number of hydrogen-bond donors (Lipinski definition) is 2. The Labute approximate surface area is 124 Å². The standard InChI is InChI=1S/C14H14N2O2S2/c17-14-12-11(8-4-2-6-20-8)16(12)13(18-14)10-9(15-10)7-3-1-5-19-7/h1-6,9-15,17H/t9-,10+,11-,12+,13+,14-,16?/m1/s1. The van der Waals surface area contributed by atoms with Gasteiger partial charge in [0, 0.05) is 9.75 Å². The second kappa shape index (κ2) is 4.13. The van der Waals surface area contributed by atoms with Crippen molar-refractivity contribution in [2.24, 2.45) is 0 Å². The molecule has 4 nitrogen and oxygen atoms in total. The number of rotatable bonds is 3. The van der Waals surface area contributed by atoms with Crippen LogP contribution in [0.25, 0.3) is 0 Å². The lowest BCUT2D eigenvalue weighted by Crippen LogP contribution is -2.29. The topological polar surface area (TPSA) is 54.4 Å². The number of aliphatic hydroxyl groups is 1. The van der Waals surface area contributed by atoms with E-state index in [1.807, 2.05) is 0 Å². The lowest BCUT2D eigenvalue weighted by atomic mass is 10.2. The largest absolute Gasteiger partial charge is 0.366 e. The number of ether oxygens (including phenoxy) is 1. The van der Waals surface area contributed by atoms with Gasteiger partial charge in [-0.15, -0.1) is 22.7 Å². The van der Waals surface area contributed by atoms with E-state index < -0.39 is 6.29 Å². The normalized spacial score (nSPS) is 45.4. The highest BCUT2D eigenvalue weighted by atomic mass is 32.1. The molecule has 3 saturated heterocycles. The van der Waals surface area contributed by atoms with Crippen molar-refractivity contribution in [3.63, 3.8) is 0 Å². The molecule has 3 fully saturated rings. The molecule has 1 unspecified atom stereocenters. The van der Waals surface area contributed by atoms with Crippen molar-refractivity contribution in [3.05, 3.63) is 44.8 Å². The van der Waals surface area contributed by atoms with Crippen LogP contribution in [0.4, 0.5) is 0 Å². The van der Waals surface area contributed by atoms with E-state index in [1.165, 1.54) is 9.75 Å². The van der Waals surface area contributed by atoms with Crippen LogP contribution in [0.2, 0.25) is 0 Å². The number of fused-ring (bicyclic) bond motifs is 1. The van der Waals surface area contributed by atoms with Crippen LogP contribution in [0.3, 0.4) is 0 Å². The van der Waals surface area contributed by atoms with Crippen LogP contribution in [0.15, 0.2) is 35.0 Å². The van der Waals surface area contributed by atoms with Gasteiger partial charge in [0.2, 0.25) is 0 Å². The number of nitrogens with zero attached hydrogens (tertiary/aromatic N) is 1. The maximum atomic E-state index is 10.1. The molecule has 0 aliphatic carbocycles. The van der Waals surface area contributed by atoms with E-state index >= 15 is 0 Å². The molecule has 2 aromatic rings. The van der Waals surface area contributed by atoms with Crippen LogP contribution in [0, 0.1) is 0 Å². The Morgan fingerprint density at radius 2 is 1.90 bits per heavy atom. The Bertz CT molecular complexity index is 615. The van der Waals surface area contributed by atoms with Crippen molar-refractivity contribution in [2.75, 3.05) is 0 Å². The van der Waals surface area contributed by atoms with Gasteiger partial charge in [-0.05, 0) is 22.9 Å². The summed E-state index contributed by atoms with van der Waals surface area (Å²) in [4.78, 5) is 4.99. The number of nitrogens with one attached hydrogen (secondary N) is 1. The van der Waals surface area contributed by atoms with Crippen LogP contribution in [-0.2, 0) is 4.74 Å². The molecule has 104 valence electrons. The summed E-state index contributed by atoms with van der Waals surface area (Å²) in [5.74, 6) is 0. The predicted molar refractivity (Wildman–Crippen MR) is 77.6 cm³/mol. The van der Waals surface area contributed by atoms with E-state index in [0.29, 0.717) is 18.1 Å². The van der Waals surface area contributed by atoms with Crippen LogP contribution < -0.4 is 5.32 Å². The first-order chi connectivity index (χ1) is 9.84. The van der Waals surface area contributed by atoms with Crippen molar-refractivity contribution in [2.45, 2.75) is 36.7 Å². The van der Waals surface area contributed by atoms with Crippen molar-refractivity contribution < 1.29 is 9.84 Å². The van der Waals surface area contributed by atoms with Gasteiger partial charge in [-0.25, -0.2) is 0 Å². The van der Waals surface area contributed by atoms with Crippen molar-refractivity contribution in [1.29, 1.82) is 0 Å². The Kier molecular flexibility index (Phi) is 2.45. The molecule has 0 saturated carbocycles. The molecule has 6 heteroatoms. The molecule has 20 heavy (non-hydrogen) atoms. The molecule has 0 bridgehead atoms. The van der Waals surface area contributed by atoms with Gasteiger partial charge in [-0.1, -0.05) is 12.1 Å². The molecule has 5 heterocycles. The lowest BCUT2D eigenvalue weighted by molar-refractivity contribution is -0.117. The summed E-state index contributed by atoms with van der Waals surface area (Å²) in [5.41, 5.74) is 0. The summed E-state index contributed by atoms with van der Waals surface area (Å²) in [7, 11) is 0. The Hall–Kier alpha value is -0.760. The Balaban J connectivity index is 1.36. The monoisotopic (exact) mass is 306 g/mol. The van der Waals surface area contributed by atoms with E-state index in [-0.39, 0.29) is 12.3 Å². The molecule has 3 aliphatic heterocycles. The zero-order chi connectivity index (χ0) is 13.3. The van der Waals surface area contributed by atoms with E-state index in [1.54, 1.807) is 22.7 Å². The van der Waals surface area contributed by atoms with Gasteiger partial charge in [-0.3, -0.25) is 10.2 Å². The third-order valence-corrected chi connectivity index (χ3v) is 6.28. The lowest BCUT2D eigenvalue weighted by Gasteiger charge is -2.16. The molecule has 0 radical (unpaired) electrons. The zero-order valence-corrected chi connectivity index (χ0v) is 12.2. The first-order valence-corrected chi connectivity index (χ1v) is 8.54. The third-order valence-electron chi connectivity index (χ3n) is 4.38. The van der Waals surface area contributed by atoms with E-state index in [2.05, 4.69) is 45.2 Å². The summed E-state index contributed by atoms with van der Waals surface area (Å²) in [6, 6.07) is 9.63. The number of aliphatic hydroxyl groups excluding tert-OH is 1. The van der Waals surface area contributed by atoms with Gasteiger partial charge >= 0.3 is 0 Å². The highest BCUT2D eigenvalue weighted by molar-refractivity contribution is 7.10. The van der Waals surface area contributed by atoms with Gasteiger partial charge in [0.05, 0.1) is 24.2 Å². The average molecular weight is 306 g/mol. The molecule has 0 aromatic carbocycles. The summed E-state index contributed by atoms with van der Waals surface area (Å²) < 4.78 is 5.73. The minimum Gasteiger partial charge on any atom is -0.366 e. The highest BCUT2D eigenvalue weighted by Gasteiger charge is 2.67. The third kappa shape index (κ3) is 1.60. The molecule has 5 rings (SSSR count). The molecular weight excluding hydrogens is 292 g/mol. The van der Waals surface area contributed by atoms with Crippen molar-refractivity contribution in [3.8, 4) is 0 Å². The summed E-state index contributed by atoms with van der Waals surface area (Å²) >= 11 is 3.53. The molecule has 7 atom stereocenters. The van der Waals surface area contributed by atoms with Crippen molar-refractivity contribution >= 4 is 22.7 Å². The zero-order valence-electron chi connectivity index (χ0n) is 10.5. The predicted octanol–water partition coefficient (Wildman–Crippen LogP) is 1.92. The van der Waals surface area contributed by atoms with E-state index in [4.69, 9.17) is 4.74 Å². The second-order valence-corrected chi connectivity index (χ2v) is 7.46. The maximum absolute atomic E-state index is 10.1. The molecule has 3 aliphatic rings. The minimum atomic E-state index is -0.654. The van der Waals surface area contributed by atoms with Crippen LogP contribution >= 0.6 is 22.7 Å². The first kappa shape index (κ1) is 11.9. The number of hydrogen-bond acceptors (Lipinski definition) is 6. The second-order valence-electron chi connectivity index (χ2n) is 5.50. The summed E-state index contributed by atoms with van der Waals surface area (Å²) in [6.45, 7) is 0. The molecule has 2 aromatic heterocycles. The Morgan fingerprint density at radius 3 is 2.60 bits per heavy atom. The fourth-order valence-corrected chi connectivity index (χ4v) is 5.07. The summed E-state index contributed by atoms with van der Waals surface area (Å²) in [5, 5.41) is 17.8. The van der Waals surface area contributed by atoms with Gasteiger partial charge < -0.3 is 9.84 Å². The molecule has 0 spiro atoms. The molecule has 0 amide bonds. The van der Waals surface area contributed by atoms with Gasteiger partial charge in [-0.2, -0.15) is 0 Å². The summed E-state index contributed by atoms with van der Waals surface area (Å²) in [6.07, 6.45) is -0.660. The highest BCUT2D eigenvalue weighted by Crippen LogP contribution is 2.56. The van der Waals surface area contributed by atoms with Crippen LogP contribution in [0.1, 0.15) is 21.8 Å². The fraction of sp³-hybridized carbons (Fsp3) is 0.429. The quantitative estimate of drug-likeness (QED) is 0.851. The SMILES string of the molecule is O[C@@H]1O[C@@H]([C@H]2N[C@@H]2c2cccs2)N2[C@H]1[C@H]2c1cccs1. The maximum Gasteiger partial charge on any atom is 0.174 e. The number of thiophene rings is 2. The fourth-order valence-electron chi connectivity index (χ4n) is 3.36. The van der Waals surface area contributed by atoms with Gasteiger partial charge in [0.1, 0.15) is 6.23 Å². The first-order valence-electron chi connectivity index (χ1n) is 6.78. The molecular formula is C14H14N2O2S2. The van der Waals surface area contributed by atoms with Gasteiger partial charge in [0.25, 0.3) is 0 Å². The molecule has 2 N–H and O–H groups in total.